The minimum absolute atomic E-state index is 0.149. The zero-order valence-electron chi connectivity index (χ0n) is 18.7. The van der Waals surface area contributed by atoms with Gasteiger partial charge in [-0.3, -0.25) is 9.59 Å². The summed E-state index contributed by atoms with van der Waals surface area (Å²) >= 11 is 3.60. The van der Waals surface area contributed by atoms with Gasteiger partial charge in [0.2, 0.25) is 5.91 Å². The van der Waals surface area contributed by atoms with E-state index < -0.39 is 6.04 Å². The SMILES string of the molecule is CCNC(=O)C(CC)N(Cc1ccccc1C)C(=O)COc1ccc2ccccc2c1Br. The van der Waals surface area contributed by atoms with Gasteiger partial charge in [-0.2, -0.15) is 0 Å². The van der Waals surface area contributed by atoms with Crippen molar-refractivity contribution in [3.8, 4) is 5.75 Å². The summed E-state index contributed by atoms with van der Waals surface area (Å²) < 4.78 is 6.73. The number of hydrogen-bond donors (Lipinski definition) is 1. The van der Waals surface area contributed by atoms with E-state index in [1.54, 1.807) is 4.90 Å². The zero-order valence-corrected chi connectivity index (χ0v) is 20.3. The Morgan fingerprint density at radius 1 is 1.03 bits per heavy atom. The third-order valence-electron chi connectivity index (χ3n) is 5.52. The molecule has 0 spiro atoms. The minimum atomic E-state index is -0.564. The van der Waals surface area contributed by atoms with Gasteiger partial charge >= 0.3 is 0 Å². The van der Waals surface area contributed by atoms with E-state index >= 15 is 0 Å². The molecule has 0 saturated heterocycles. The number of rotatable bonds is 9. The first-order valence-electron chi connectivity index (χ1n) is 10.9. The van der Waals surface area contributed by atoms with E-state index in [2.05, 4.69) is 21.2 Å². The molecule has 1 unspecified atom stereocenters. The fourth-order valence-corrected chi connectivity index (χ4v) is 4.34. The second-order valence-electron chi connectivity index (χ2n) is 7.65. The predicted molar refractivity (Wildman–Crippen MR) is 132 cm³/mol. The molecular weight excluding hydrogens is 468 g/mol. The Labute approximate surface area is 197 Å². The summed E-state index contributed by atoms with van der Waals surface area (Å²) in [6, 6.07) is 19.1. The zero-order chi connectivity index (χ0) is 23.1. The molecule has 0 saturated carbocycles. The number of amides is 2. The molecule has 168 valence electrons. The van der Waals surface area contributed by atoms with Crippen LogP contribution < -0.4 is 10.1 Å². The molecule has 0 radical (unpaired) electrons. The lowest BCUT2D eigenvalue weighted by Gasteiger charge is -2.31. The molecule has 0 bridgehead atoms. The Hall–Kier alpha value is -2.86. The van der Waals surface area contributed by atoms with Crippen molar-refractivity contribution >= 4 is 38.5 Å². The number of nitrogens with zero attached hydrogens (tertiary/aromatic N) is 1. The van der Waals surface area contributed by atoms with Crippen molar-refractivity contribution in [1.82, 2.24) is 10.2 Å². The highest BCUT2D eigenvalue weighted by atomic mass is 79.9. The van der Waals surface area contributed by atoms with Crippen LogP contribution in [-0.2, 0) is 16.1 Å². The third kappa shape index (κ3) is 5.49. The van der Waals surface area contributed by atoms with Crippen LogP contribution in [0.15, 0.2) is 65.1 Å². The number of carbonyl (C=O) groups is 2. The van der Waals surface area contributed by atoms with E-state index in [4.69, 9.17) is 4.74 Å². The Morgan fingerprint density at radius 3 is 2.47 bits per heavy atom. The Balaban J connectivity index is 1.83. The molecule has 1 atom stereocenters. The molecule has 0 aliphatic rings. The average molecular weight is 497 g/mol. The molecule has 0 heterocycles. The summed E-state index contributed by atoms with van der Waals surface area (Å²) in [4.78, 5) is 27.7. The number of likely N-dealkylation sites (N-methyl/N-ethyl adjacent to an activating group) is 1. The number of halogens is 1. The molecule has 0 aliphatic heterocycles. The molecule has 0 aromatic heterocycles. The quantitative estimate of drug-likeness (QED) is 0.440. The maximum absolute atomic E-state index is 13.3. The lowest BCUT2D eigenvalue weighted by atomic mass is 10.1. The molecule has 3 aromatic rings. The summed E-state index contributed by atoms with van der Waals surface area (Å²) in [5.74, 6) is 0.217. The molecule has 5 nitrogen and oxygen atoms in total. The minimum Gasteiger partial charge on any atom is -0.483 e. The third-order valence-corrected chi connectivity index (χ3v) is 6.34. The second kappa shape index (κ2) is 11.1. The van der Waals surface area contributed by atoms with Gasteiger partial charge in [0.05, 0.1) is 4.47 Å². The van der Waals surface area contributed by atoms with E-state index in [9.17, 15) is 9.59 Å². The molecule has 1 N–H and O–H groups in total. The molecule has 3 aromatic carbocycles. The van der Waals surface area contributed by atoms with E-state index in [0.29, 0.717) is 25.3 Å². The van der Waals surface area contributed by atoms with Crippen LogP contribution in [0, 0.1) is 6.92 Å². The maximum atomic E-state index is 13.3. The highest BCUT2D eigenvalue weighted by Crippen LogP contribution is 2.33. The van der Waals surface area contributed by atoms with Gasteiger partial charge < -0.3 is 15.0 Å². The van der Waals surface area contributed by atoms with Crippen LogP contribution >= 0.6 is 15.9 Å². The summed E-state index contributed by atoms with van der Waals surface area (Å²) in [5.41, 5.74) is 2.09. The Morgan fingerprint density at radius 2 is 1.75 bits per heavy atom. The molecule has 2 amide bonds. The van der Waals surface area contributed by atoms with E-state index in [1.165, 1.54) is 0 Å². The average Bonchev–Trinajstić information content (AvgIpc) is 2.80. The topological polar surface area (TPSA) is 58.6 Å². The molecule has 6 heteroatoms. The summed E-state index contributed by atoms with van der Waals surface area (Å²) in [6.07, 6.45) is 0.517. The predicted octanol–water partition coefficient (Wildman–Crippen LogP) is 5.23. The van der Waals surface area contributed by atoms with E-state index in [1.807, 2.05) is 81.4 Å². The Bertz CT molecular complexity index is 1100. The van der Waals surface area contributed by atoms with Gasteiger partial charge in [0, 0.05) is 13.1 Å². The fraction of sp³-hybridized carbons (Fsp3) is 0.308. The molecule has 32 heavy (non-hydrogen) atoms. The molecule has 3 rings (SSSR count). The highest BCUT2D eigenvalue weighted by molar-refractivity contribution is 9.10. The van der Waals surface area contributed by atoms with Crippen LogP contribution in [0.5, 0.6) is 5.75 Å². The first-order valence-corrected chi connectivity index (χ1v) is 11.7. The molecular formula is C26H29BrN2O3. The monoisotopic (exact) mass is 496 g/mol. The lowest BCUT2D eigenvalue weighted by Crippen LogP contribution is -2.50. The van der Waals surface area contributed by atoms with Crippen LogP contribution in [0.25, 0.3) is 10.8 Å². The number of aryl methyl sites for hydroxylation is 1. The van der Waals surface area contributed by atoms with Crippen LogP contribution in [0.3, 0.4) is 0 Å². The number of ether oxygens (including phenoxy) is 1. The Kier molecular flexibility index (Phi) is 8.28. The van der Waals surface area contributed by atoms with Gasteiger partial charge in [-0.25, -0.2) is 0 Å². The van der Waals surface area contributed by atoms with Crippen molar-refractivity contribution < 1.29 is 14.3 Å². The normalized spacial score (nSPS) is 11.8. The van der Waals surface area contributed by atoms with Crippen LogP contribution in [-0.4, -0.2) is 35.9 Å². The fourth-order valence-electron chi connectivity index (χ4n) is 3.73. The van der Waals surface area contributed by atoms with Gasteiger partial charge in [-0.1, -0.05) is 61.5 Å². The second-order valence-corrected chi connectivity index (χ2v) is 8.45. The van der Waals surface area contributed by atoms with E-state index in [0.717, 1.165) is 26.4 Å². The largest absolute Gasteiger partial charge is 0.483 e. The number of carbonyl (C=O) groups excluding carboxylic acids is 2. The summed E-state index contributed by atoms with van der Waals surface area (Å²) in [6.45, 7) is 6.51. The number of nitrogens with one attached hydrogen (secondary N) is 1. The van der Waals surface area contributed by atoms with Crippen molar-refractivity contribution in [2.24, 2.45) is 0 Å². The first-order chi connectivity index (χ1) is 15.5. The molecule has 0 aliphatic carbocycles. The lowest BCUT2D eigenvalue weighted by molar-refractivity contribution is -0.142. The van der Waals surface area contributed by atoms with Crippen molar-refractivity contribution in [3.05, 3.63) is 76.3 Å². The van der Waals surface area contributed by atoms with Crippen molar-refractivity contribution in [1.29, 1.82) is 0 Å². The number of benzene rings is 3. The molecule has 0 fully saturated rings. The first kappa shape index (κ1) is 23.8. The van der Waals surface area contributed by atoms with Crippen molar-refractivity contribution in [2.75, 3.05) is 13.2 Å². The van der Waals surface area contributed by atoms with Gasteiger partial charge in [-0.05, 0) is 64.2 Å². The van der Waals surface area contributed by atoms with Crippen LogP contribution in [0.1, 0.15) is 31.4 Å². The standard InChI is InChI=1S/C26H29BrN2O3/c1-4-22(26(31)28-5-2)29(16-20-12-7-6-10-18(20)3)24(30)17-32-23-15-14-19-11-8-9-13-21(19)25(23)27/h6-15,22H,4-5,16-17H2,1-3H3,(H,28,31). The maximum Gasteiger partial charge on any atom is 0.261 e. The summed E-state index contributed by atoms with van der Waals surface area (Å²) in [7, 11) is 0. The number of fused-ring (bicyclic) bond motifs is 1. The summed E-state index contributed by atoms with van der Waals surface area (Å²) in [5, 5.41) is 4.96. The van der Waals surface area contributed by atoms with Crippen LogP contribution in [0.4, 0.5) is 0 Å². The smallest absolute Gasteiger partial charge is 0.261 e. The van der Waals surface area contributed by atoms with Gasteiger partial charge in [-0.15, -0.1) is 0 Å². The van der Waals surface area contributed by atoms with Gasteiger partial charge in [0.15, 0.2) is 6.61 Å². The highest BCUT2D eigenvalue weighted by Gasteiger charge is 2.29. The number of hydrogen-bond acceptors (Lipinski definition) is 3. The van der Waals surface area contributed by atoms with Crippen molar-refractivity contribution in [3.63, 3.8) is 0 Å². The van der Waals surface area contributed by atoms with Crippen molar-refractivity contribution in [2.45, 2.75) is 39.8 Å². The van der Waals surface area contributed by atoms with Gasteiger partial charge in [0.25, 0.3) is 5.91 Å². The van der Waals surface area contributed by atoms with Crippen LogP contribution in [0.2, 0.25) is 0 Å². The van der Waals surface area contributed by atoms with E-state index in [-0.39, 0.29) is 18.4 Å². The van der Waals surface area contributed by atoms with Gasteiger partial charge in [0.1, 0.15) is 11.8 Å².